The molecule has 1 aliphatic heterocycles. The molecule has 3 rings (SSSR count). The maximum absolute atomic E-state index is 12.9. The van der Waals surface area contributed by atoms with Gasteiger partial charge in [-0.05, 0) is 37.9 Å². The molecule has 20 heavy (non-hydrogen) atoms. The first-order chi connectivity index (χ1) is 9.77. The van der Waals surface area contributed by atoms with Crippen molar-refractivity contribution in [1.29, 1.82) is 0 Å². The number of aromatic nitrogens is 3. The van der Waals surface area contributed by atoms with Gasteiger partial charge in [0.1, 0.15) is 5.69 Å². The molecule has 5 nitrogen and oxygen atoms in total. The largest absolute Gasteiger partial charge is 0.305 e. The van der Waals surface area contributed by atoms with Gasteiger partial charge in [0.05, 0.1) is 17.4 Å². The zero-order chi connectivity index (χ0) is 14.0. The Morgan fingerprint density at radius 2 is 2.20 bits per heavy atom. The van der Waals surface area contributed by atoms with Crippen LogP contribution in [0.3, 0.4) is 0 Å². The summed E-state index contributed by atoms with van der Waals surface area (Å²) in [5.41, 5.74) is 0.957. The molecule has 1 aliphatic rings. The van der Waals surface area contributed by atoms with Crippen molar-refractivity contribution >= 4 is 5.78 Å². The Morgan fingerprint density at radius 1 is 1.40 bits per heavy atom. The first-order valence-electron chi connectivity index (χ1n) is 7.03. The fourth-order valence-corrected chi connectivity index (χ4v) is 2.86. The van der Waals surface area contributed by atoms with Crippen molar-refractivity contribution in [2.45, 2.75) is 31.7 Å². The van der Waals surface area contributed by atoms with Crippen LogP contribution in [-0.2, 0) is 0 Å². The van der Waals surface area contributed by atoms with Gasteiger partial charge in [0.25, 0.3) is 0 Å². The third-order valence-corrected chi connectivity index (χ3v) is 4.06. The first-order valence-corrected chi connectivity index (χ1v) is 7.03. The van der Waals surface area contributed by atoms with Crippen LogP contribution in [0.4, 0.5) is 0 Å². The average Bonchev–Trinajstić information content (AvgIpc) is 3.17. The van der Waals surface area contributed by atoms with Gasteiger partial charge in [-0.2, -0.15) is 0 Å². The average molecular weight is 270 g/mol. The minimum absolute atomic E-state index is 0.0892. The van der Waals surface area contributed by atoms with Crippen LogP contribution in [0.15, 0.2) is 36.5 Å². The third-order valence-electron chi connectivity index (χ3n) is 4.06. The smallest absolute Gasteiger partial charge is 0.202 e. The van der Waals surface area contributed by atoms with Crippen molar-refractivity contribution in [3.8, 4) is 5.69 Å². The lowest BCUT2D eigenvalue weighted by atomic mass is 9.87. The lowest BCUT2D eigenvalue weighted by Crippen LogP contribution is -2.47. The number of benzene rings is 1. The minimum Gasteiger partial charge on any atom is -0.305 e. The van der Waals surface area contributed by atoms with Crippen LogP contribution in [0.5, 0.6) is 0 Å². The molecule has 5 heteroatoms. The Kier molecular flexibility index (Phi) is 3.36. The fourth-order valence-electron chi connectivity index (χ4n) is 2.86. The summed E-state index contributed by atoms with van der Waals surface area (Å²) < 4.78 is 1.62. The number of rotatable bonds is 4. The number of para-hydroxylation sites is 1. The van der Waals surface area contributed by atoms with Crippen molar-refractivity contribution in [3.05, 3.63) is 42.2 Å². The highest BCUT2D eigenvalue weighted by Crippen LogP contribution is 2.27. The van der Waals surface area contributed by atoms with Gasteiger partial charge in [-0.15, -0.1) is 5.10 Å². The Balaban J connectivity index is 2.00. The summed E-state index contributed by atoms with van der Waals surface area (Å²) in [6.45, 7) is 2.94. The number of ketones is 1. The van der Waals surface area contributed by atoms with E-state index >= 15 is 0 Å². The summed E-state index contributed by atoms with van der Waals surface area (Å²) in [6, 6.07) is 9.63. The van der Waals surface area contributed by atoms with Crippen LogP contribution in [0, 0.1) is 0 Å². The van der Waals surface area contributed by atoms with Crippen molar-refractivity contribution in [3.63, 3.8) is 0 Å². The molecule has 1 aromatic heterocycles. The lowest BCUT2D eigenvalue weighted by molar-refractivity contribution is 0.0855. The van der Waals surface area contributed by atoms with E-state index in [-0.39, 0.29) is 5.78 Å². The van der Waals surface area contributed by atoms with Crippen LogP contribution >= 0.6 is 0 Å². The monoisotopic (exact) mass is 270 g/mol. The molecule has 0 aliphatic carbocycles. The van der Waals surface area contributed by atoms with Crippen LogP contribution in [0.2, 0.25) is 0 Å². The van der Waals surface area contributed by atoms with Crippen LogP contribution in [0.25, 0.3) is 5.69 Å². The highest BCUT2D eigenvalue weighted by Gasteiger charge is 2.41. The molecule has 0 saturated carbocycles. The Bertz CT molecular complexity index is 599. The van der Waals surface area contributed by atoms with Crippen molar-refractivity contribution in [2.24, 2.45) is 0 Å². The molecule has 1 saturated heterocycles. The first kappa shape index (κ1) is 13.0. The summed E-state index contributed by atoms with van der Waals surface area (Å²) in [5.74, 6) is 0.0892. The quantitative estimate of drug-likeness (QED) is 0.863. The molecular weight excluding hydrogens is 252 g/mol. The van der Waals surface area contributed by atoms with Gasteiger partial charge in [-0.3, -0.25) is 4.79 Å². The molecule has 1 atom stereocenters. The van der Waals surface area contributed by atoms with Crippen LogP contribution in [0.1, 0.15) is 36.7 Å². The molecule has 0 amide bonds. The van der Waals surface area contributed by atoms with E-state index in [2.05, 4.69) is 15.6 Å². The van der Waals surface area contributed by atoms with Gasteiger partial charge >= 0.3 is 0 Å². The summed E-state index contributed by atoms with van der Waals surface area (Å²) >= 11 is 0. The third kappa shape index (κ3) is 2.04. The SMILES string of the molecule is CCC1(C(=O)c2cnnn2-c2ccccc2)CCCN1. The predicted molar refractivity (Wildman–Crippen MR) is 75.9 cm³/mol. The number of nitrogens with one attached hydrogen (secondary N) is 1. The molecule has 0 radical (unpaired) electrons. The molecule has 104 valence electrons. The van der Waals surface area contributed by atoms with Crippen LogP contribution < -0.4 is 5.32 Å². The van der Waals surface area contributed by atoms with E-state index in [4.69, 9.17) is 0 Å². The zero-order valence-electron chi connectivity index (χ0n) is 11.5. The topological polar surface area (TPSA) is 59.8 Å². The zero-order valence-corrected chi connectivity index (χ0v) is 11.5. The highest BCUT2D eigenvalue weighted by atomic mass is 16.1. The molecular formula is C15H18N4O. The van der Waals surface area contributed by atoms with E-state index in [1.165, 1.54) is 0 Å². The van der Waals surface area contributed by atoms with Crippen molar-refractivity contribution < 1.29 is 4.79 Å². The predicted octanol–water partition coefficient (Wildman–Crippen LogP) is 1.98. The summed E-state index contributed by atoms with van der Waals surface area (Å²) in [6.07, 6.45) is 4.26. The summed E-state index contributed by atoms with van der Waals surface area (Å²) in [7, 11) is 0. The van der Waals surface area contributed by atoms with E-state index in [0.717, 1.165) is 31.5 Å². The molecule has 1 aromatic carbocycles. The maximum atomic E-state index is 12.9. The highest BCUT2D eigenvalue weighted by molar-refractivity contribution is 6.02. The van der Waals surface area contributed by atoms with E-state index in [9.17, 15) is 4.79 Å². The number of Topliss-reactive ketones (excluding diaryl/α,β-unsaturated/α-hetero) is 1. The Labute approximate surface area is 118 Å². The molecule has 2 heterocycles. The number of carbonyl (C=O) groups excluding carboxylic acids is 1. The molecule has 1 fully saturated rings. The fraction of sp³-hybridized carbons (Fsp3) is 0.400. The number of hydrogen-bond acceptors (Lipinski definition) is 4. The number of hydrogen-bond donors (Lipinski definition) is 1. The van der Waals surface area contributed by atoms with Gasteiger partial charge < -0.3 is 5.32 Å². The van der Waals surface area contributed by atoms with Gasteiger partial charge in [0, 0.05) is 0 Å². The van der Waals surface area contributed by atoms with Gasteiger partial charge in [-0.1, -0.05) is 30.3 Å². The van der Waals surface area contributed by atoms with E-state index in [1.54, 1.807) is 10.9 Å². The second-order valence-electron chi connectivity index (χ2n) is 5.16. The Hall–Kier alpha value is -2.01. The second kappa shape index (κ2) is 5.17. The molecule has 0 spiro atoms. The van der Waals surface area contributed by atoms with Crippen molar-refractivity contribution in [2.75, 3.05) is 6.54 Å². The lowest BCUT2D eigenvalue weighted by Gasteiger charge is -2.26. The molecule has 1 unspecified atom stereocenters. The summed E-state index contributed by atoms with van der Waals surface area (Å²) in [5, 5.41) is 11.4. The van der Waals surface area contributed by atoms with Gasteiger partial charge in [0.2, 0.25) is 5.78 Å². The number of nitrogens with zero attached hydrogens (tertiary/aromatic N) is 3. The normalized spacial score (nSPS) is 22.1. The van der Waals surface area contributed by atoms with Gasteiger partial charge in [0.15, 0.2) is 0 Å². The van der Waals surface area contributed by atoms with Crippen molar-refractivity contribution in [1.82, 2.24) is 20.3 Å². The standard InChI is InChI=1S/C15H18N4O/c1-2-15(9-6-10-16-15)14(20)13-11-17-18-19(13)12-7-4-3-5-8-12/h3-5,7-8,11,16H,2,6,9-10H2,1H3. The van der Waals surface area contributed by atoms with E-state index < -0.39 is 5.54 Å². The maximum Gasteiger partial charge on any atom is 0.202 e. The Morgan fingerprint density at radius 3 is 2.85 bits per heavy atom. The van der Waals surface area contributed by atoms with E-state index in [0.29, 0.717) is 5.69 Å². The van der Waals surface area contributed by atoms with Gasteiger partial charge in [-0.25, -0.2) is 4.68 Å². The number of carbonyl (C=O) groups is 1. The molecule has 2 aromatic rings. The summed E-state index contributed by atoms with van der Waals surface area (Å²) in [4.78, 5) is 12.9. The van der Waals surface area contributed by atoms with E-state index in [1.807, 2.05) is 37.3 Å². The minimum atomic E-state index is -0.450. The molecule has 0 bridgehead atoms. The molecule has 1 N–H and O–H groups in total. The van der Waals surface area contributed by atoms with Crippen LogP contribution in [-0.4, -0.2) is 32.9 Å². The second-order valence-corrected chi connectivity index (χ2v) is 5.16.